The number of unbranched alkanes of at least 4 members (excludes halogenated alkanes) is 16. The third-order valence-electron chi connectivity index (χ3n) is 7.73. The van der Waals surface area contributed by atoms with Gasteiger partial charge in [0.2, 0.25) is 5.91 Å². The minimum Gasteiger partial charge on any atom is -0.394 e. The van der Waals surface area contributed by atoms with Crippen molar-refractivity contribution in [2.45, 2.75) is 174 Å². The first-order valence-electron chi connectivity index (χ1n) is 18.0. The molecule has 0 aromatic rings. The van der Waals surface area contributed by atoms with Crippen molar-refractivity contribution in [2.24, 2.45) is 0 Å². The van der Waals surface area contributed by atoms with Gasteiger partial charge in [0.25, 0.3) is 0 Å². The van der Waals surface area contributed by atoms with E-state index in [-0.39, 0.29) is 12.5 Å². The molecule has 4 nitrogen and oxygen atoms in total. The number of hydrogen-bond acceptors (Lipinski definition) is 3. The highest BCUT2D eigenvalue weighted by atomic mass is 16.3. The minimum atomic E-state index is -0.866. The lowest BCUT2D eigenvalue weighted by atomic mass is 10.1. The van der Waals surface area contributed by atoms with Gasteiger partial charge in [-0.3, -0.25) is 4.79 Å². The van der Waals surface area contributed by atoms with E-state index in [9.17, 15) is 15.0 Å². The molecule has 43 heavy (non-hydrogen) atoms. The van der Waals surface area contributed by atoms with Crippen LogP contribution >= 0.6 is 0 Å². The van der Waals surface area contributed by atoms with Crippen LogP contribution in [0.15, 0.2) is 60.8 Å². The van der Waals surface area contributed by atoms with Gasteiger partial charge >= 0.3 is 0 Å². The van der Waals surface area contributed by atoms with E-state index in [0.29, 0.717) is 6.42 Å². The van der Waals surface area contributed by atoms with Crippen LogP contribution in [0.4, 0.5) is 0 Å². The second-order valence-electron chi connectivity index (χ2n) is 11.9. The molecular formula is C39H69NO3. The van der Waals surface area contributed by atoms with Crippen molar-refractivity contribution in [2.75, 3.05) is 6.61 Å². The third-order valence-corrected chi connectivity index (χ3v) is 7.73. The first-order valence-corrected chi connectivity index (χ1v) is 18.0. The van der Waals surface area contributed by atoms with Gasteiger partial charge in [-0.25, -0.2) is 0 Å². The summed E-state index contributed by atoms with van der Waals surface area (Å²) in [7, 11) is 0. The van der Waals surface area contributed by atoms with Crippen LogP contribution in [0.25, 0.3) is 0 Å². The lowest BCUT2D eigenvalue weighted by Gasteiger charge is -2.19. The van der Waals surface area contributed by atoms with Crippen LogP contribution < -0.4 is 5.32 Å². The van der Waals surface area contributed by atoms with Crippen LogP contribution in [0.3, 0.4) is 0 Å². The van der Waals surface area contributed by atoms with Gasteiger partial charge in [-0.15, -0.1) is 0 Å². The first kappa shape index (κ1) is 41.1. The minimum absolute atomic E-state index is 0.0885. The van der Waals surface area contributed by atoms with E-state index in [2.05, 4.69) is 67.8 Å². The molecule has 0 radical (unpaired) electrons. The Hall–Kier alpha value is -1.91. The summed E-state index contributed by atoms with van der Waals surface area (Å²) in [6, 6.07) is -0.644. The van der Waals surface area contributed by atoms with Gasteiger partial charge < -0.3 is 15.5 Å². The van der Waals surface area contributed by atoms with Crippen LogP contribution in [-0.2, 0) is 4.79 Å². The molecule has 0 aliphatic rings. The molecule has 0 spiro atoms. The molecule has 0 aliphatic carbocycles. The lowest BCUT2D eigenvalue weighted by molar-refractivity contribution is -0.123. The van der Waals surface area contributed by atoms with E-state index in [1.54, 1.807) is 6.08 Å². The van der Waals surface area contributed by atoms with Gasteiger partial charge in [0, 0.05) is 6.42 Å². The number of aliphatic hydroxyl groups excluding tert-OH is 2. The summed E-state index contributed by atoms with van der Waals surface area (Å²) in [6.45, 7) is 4.15. The second-order valence-corrected chi connectivity index (χ2v) is 11.9. The van der Waals surface area contributed by atoms with E-state index in [1.165, 1.54) is 77.0 Å². The Bertz CT molecular complexity index is 737. The number of aliphatic hydroxyl groups is 2. The van der Waals surface area contributed by atoms with Crippen molar-refractivity contribution in [3.05, 3.63) is 60.8 Å². The van der Waals surface area contributed by atoms with Crippen molar-refractivity contribution in [3.8, 4) is 0 Å². The molecule has 0 heterocycles. The van der Waals surface area contributed by atoms with Gasteiger partial charge in [0.1, 0.15) is 0 Å². The molecule has 0 bridgehead atoms. The lowest BCUT2D eigenvalue weighted by Crippen LogP contribution is -2.45. The molecule has 0 aromatic carbocycles. The Kier molecular flexibility index (Phi) is 33.0. The predicted molar refractivity (Wildman–Crippen MR) is 188 cm³/mol. The number of hydrogen-bond donors (Lipinski definition) is 3. The quantitative estimate of drug-likeness (QED) is 0.0548. The van der Waals surface area contributed by atoms with Gasteiger partial charge in [-0.05, 0) is 64.2 Å². The van der Waals surface area contributed by atoms with Crippen molar-refractivity contribution in [1.82, 2.24) is 5.32 Å². The fourth-order valence-corrected chi connectivity index (χ4v) is 4.97. The molecular weight excluding hydrogens is 530 g/mol. The average molecular weight is 600 g/mol. The monoisotopic (exact) mass is 600 g/mol. The van der Waals surface area contributed by atoms with Crippen LogP contribution in [0.5, 0.6) is 0 Å². The third kappa shape index (κ3) is 31.3. The highest BCUT2D eigenvalue weighted by Gasteiger charge is 2.17. The SMILES string of the molecule is CC/C=C\C/C=C\C/C=C\CCCCCCCCCC(=O)NC(CO)C(O)/C=C/CC/C=C/CCCCCCCCCC. The Morgan fingerprint density at radius 3 is 1.63 bits per heavy atom. The van der Waals surface area contributed by atoms with Crippen LogP contribution in [0.1, 0.15) is 162 Å². The Morgan fingerprint density at radius 1 is 0.581 bits per heavy atom. The van der Waals surface area contributed by atoms with E-state index >= 15 is 0 Å². The summed E-state index contributed by atoms with van der Waals surface area (Å²) in [5.74, 6) is -0.0885. The molecule has 0 saturated carbocycles. The Labute approximate surface area is 266 Å². The van der Waals surface area contributed by atoms with Gasteiger partial charge in [-0.2, -0.15) is 0 Å². The maximum Gasteiger partial charge on any atom is 0.220 e. The van der Waals surface area contributed by atoms with Crippen molar-refractivity contribution in [3.63, 3.8) is 0 Å². The van der Waals surface area contributed by atoms with Crippen molar-refractivity contribution in [1.29, 1.82) is 0 Å². The molecule has 3 N–H and O–H groups in total. The summed E-state index contributed by atoms with van der Waals surface area (Å²) in [4.78, 5) is 12.3. The normalized spacial score (nSPS) is 13.9. The Morgan fingerprint density at radius 2 is 1.05 bits per heavy atom. The van der Waals surface area contributed by atoms with Gasteiger partial charge in [0.05, 0.1) is 18.8 Å². The number of nitrogens with one attached hydrogen (secondary N) is 1. The molecule has 0 aromatic heterocycles. The molecule has 1 amide bonds. The number of allylic oxidation sites excluding steroid dienone is 9. The van der Waals surface area contributed by atoms with Crippen molar-refractivity contribution >= 4 is 5.91 Å². The van der Waals surface area contributed by atoms with Gasteiger partial charge in [0.15, 0.2) is 0 Å². The maximum absolute atomic E-state index is 12.3. The average Bonchev–Trinajstić information content (AvgIpc) is 3.01. The highest BCUT2D eigenvalue weighted by Crippen LogP contribution is 2.12. The summed E-state index contributed by atoms with van der Waals surface area (Å²) in [5.41, 5.74) is 0. The maximum atomic E-state index is 12.3. The number of amides is 1. The van der Waals surface area contributed by atoms with Crippen LogP contribution in [0, 0.1) is 0 Å². The fourth-order valence-electron chi connectivity index (χ4n) is 4.97. The molecule has 2 unspecified atom stereocenters. The van der Waals surface area contributed by atoms with E-state index < -0.39 is 12.1 Å². The highest BCUT2D eigenvalue weighted by molar-refractivity contribution is 5.76. The second kappa shape index (κ2) is 34.6. The predicted octanol–water partition coefficient (Wildman–Crippen LogP) is 10.6. The standard InChI is InChI=1S/C39H69NO3/c1-3-5-7-9-11-13-15-17-19-20-21-23-25-27-29-31-33-35-39(43)40-37(36-41)38(42)34-32-30-28-26-24-22-18-16-14-12-10-8-6-4-2/h5,7,11,13,17,19,24,26,32,34,37-38,41-42H,3-4,6,8-10,12,14-16,18,20-23,25,27-31,33,35-36H2,1-2H3,(H,40,43)/b7-5-,13-11-,19-17-,26-24+,34-32+. The zero-order valence-corrected chi connectivity index (χ0v) is 28.2. The van der Waals surface area contributed by atoms with Crippen LogP contribution in [0.2, 0.25) is 0 Å². The number of rotatable bonds is 31. The zero-order valence-electron chi connectivity index (χ0n) is 28.2. The van der Waals surface area contributed by atoms with Crippen LogP contribution in [-0.4, -0.2) is 34.9 Å². The summed E-state index contributed by atoms with van der Waals surface area (Å²) >= 11 is 0. The topological polar surface area (TPSA) is 69.6 Å². The molecule has 0 rings (SSSR count). The molecule has 0 saturated heterocycles. The van der Waals surface area contributed by atoms with E-state index in [0.717, 1.165) is 64.2 Å². The summed E-state index contributed by atoms with van der Waals surface area (Å²) < 4.78 is 0. The van der Waals surface area contributed by atoms with Crippen molar-refractivity contribution < 1.29 is 15.0 Å². The molecule has 4 heteroatoms. The molecule has 2 atom stereocenters. The molecule has 0 fully saturated rings. The van der Waals surface area contributed by atoms with E-state index in [1.807, 2.05) is 6.08 Å². The smallest absolute Gasteiger partial charge is 0.220 e. The number of carbonyl (C=O) groups is 1. The number of carbonyl (C=O) groups excluding carboxylic acids is 1. The largest absolute Gasteiger partial charge is 0.394 e. The first-order chi connectivity index (χ1) is 21.2. The zero-order chi connectivity index (χ0) is 31.5. The van der Waals surface area contributed by atoms with E-state index in [4.69, 9.17) is 0 Å². The Balaban J connectivity index is 3.72. The summed E-state index contributed by atoms with van der Waals surface area (Å²) in [6.07, 6.45) is 47.3. The summed E-state index contributed by atoms with van der Waals surface area (Å²) in [5, 5.41) is 22.8. The molecule has 0 aliphatic heterocycles. The fraction of sp³-hybridized carbons (Fsp3) is 0.718. The van der Waals surface area contributed by atoms with Gasteiger partial charge in [-0.1, -0.05) is 152 Å². The molecule has 248 valence electrons.